The fraction of sp³-hybridized carbons (Fsp3) is 0.167. The van der Waals surface area contributed by atoms with Gasteiger partial charge in [0.1, 0.15) is 6.61 Å². The van der Waals surface area contributed by atoms with Crippen LogP contribution in [0.5, 0.6) is 5.75 Å². The molecule has 0 aliphatic carbocycles. The van der Waals surface area contributed by atoms with Crippen molar-refractivity contribution in [1.29, 1.82) is 0 Å². The van der Waals surface area contributed by atoms with Crippen molar-refractivity contribution >= 4 is 28.5 Å². The highest BCUT2D eigenvalue weighted by molar-refractivity contribution is 6.36. The van der Waals surface area contributed by atoms with E-state index >= 15 is 0 Å². The van der Waals surface area contributed by atoms with Gasteiger partial charge in [0.15, 0.2) is 0 Å². The third-order valence-corrected chi connectivity index (χ3v) is 2.61. The summed E-state index contributed by atoms with van der Waals surface area (Å²) >= 11 is 5.88. The number of aromatic nitrogens is 1. The Bertz CT molecular complexity index is 583. The minimum absolute atomic E-state index is 0.0741. The minimum atomic E-state index is -0.379. The standard InChI is InChI=1S/C12H10ClNO3/c1-7(15)17-6-9-4-2-8-3-5-10(16)11(13)12(8)14-9/h2-5,16H,6H2,1H3/p-1. The quantitative estimate of drug-likeness (QED) is 0.765. The predicted octanol–water partition coefficient (Wildman–Crippen LogP) is 2.02. The Kier molecular flexibility index (Phi) is 3.15. The zero-order valence-electron chi connectivity index (χ0n) is 9.07. The third-order valence-electron chi connectivity index (χ3n) is 2.25. The molecule has 0 spiro atoms. The lowest BCUT2D eigenvalue weighted by Crippen LogP contribution is -2.01. The lowest BCUT2D eigenvalue weighted by Gasteiger charge is -2.11. The maximum atomic E-state index is 11.4. The van der Waals surface area contributed by atoms with E-state index < -0.39 is 0 Å². The molecule has 4 nitrogen and oxygen atoms in total. The molecule has 0 aliphatic rings. The molecule has 1 aromatic carbocycles. The minimum Gasteiger partial charge on any atom is -0.871 e. The summed E-state index contributed by atoms with van der Waals surface area (Å²) in [4.78, 5) is 14.9. The lowest BCUT2D eigenvalue weighted by molar-refractivity contribution is -0.268. The van der Waals surface area contributed by atoms with Gasteiger partial charge in [0.05, 0.1) is 16.2 Å². The number of fused-ring (bicyclic) bond motifs is 1. The molecule has 0 amide bonds. The van der Waals surface area contributed by atoms with E-state index in [4.69, 9.17) is 16.3 Å². The van der Waals surface area contributed by atoms with E-state index in [-0.39, 0.29) is 23.3 Å². The number of carbonyl (C=O) groups is 1. The molecule has 5 heteroatoms. The van der Waals surface area contributed by atoms with Crippen molar-refractivity contribution in [3.63, 3.8) is 0 Å². The van der Waals surface area contributed by atoms with Gasteiger partial charge in [-0.3, -0.25) is 4.79 Å². The average Bonchev–Trinajstić information content (AvgIpc) is 2.31. The lowest BCUT2D eigenvalue weighted by atomic mass is 10.2. The van der Waals surface area contributed by atoms with Crippen LogP contribution in [0.25, 0.3) is 10.9 Å². The van der Waals surface area contributed by atoms with Gasteiger partial charge in [0, 0.05) is 12.3 Å². The van der Waals surface area contributed by atoms with Gasteiger partial charge in [0.25, 0.3) is 0 Å². The number of esters is 1. The van der Waals surface area contributed by atoms with Gasteiger partial charge in [-0.25, -0.2) is 4.98 Å². The first-order valence-electron chi connectivity index (χ1n) is 4.96. The first-order valence-corrected chi connectivity index (χ1v) is 5.34. The van der Waals surface area contributed by atoms with Gasteiger partial charge in [-0.15, -0.1) is 0 Å². The number of nitrogens with zero attached hydrogens (tertiary/aromatic N) is 1. The SMILES string of the molecule is CC(=O)OCc1ccc2ccc([O-])c(Cl)c2n1. The Morgan fingerprint density at radius 3 is 2.82 bits per heavy atom. The highest BCUT2D eigenvalue weighted by Gasteiger charge is 2.04. The molecule has 2 aromatic rings. The molecule has 1 aromatic heterocycles. The number of hydrogen-bond donors (Lipinski definition) is 0. The van der Waals surface area contributed by atoms with Gasteiger partial charge in [-0.05, 0) is 6.07 Å². The van der Waals surface area contributed by atoms with Crippen LogP contribution in [0.2, 0.25) is 5.02 Å². The van der Waals surface area contributed by atoms with E-state index in [9.17, 15) is 9.90 Å². The van der Waals surface area contributed by atoms with Crippen LogP contribution in [0.3, 0.4) is 0 Å². The van der Waals surface area contributed by atoms with E-state index in [1.165, 1.54) is 13.0 Å². The molecule has 0 atom stereocenters. The largest absolute Gasteiger partial charge is 0.871 e. The second-order valence-electron chi connectivity index (χ2n) is 3.53. The summed E-state index contributed by atoms with van der Waals surface area (Å²) in [6.45, 7) is 1.40. The molecule has 0 radical (unpaired) electrons. The summed E-state index contributed by atoms with van der Waals surface area (Å²) in [5.41, 5.74) is 0.990. The number of ether oxygens (including phenoxy) is 1. The Balaban J connectivity index is 2.41. The summed E-state index contributed by atoms with van der Waals surface area (Å²) in [6, 6.07) is 6.57. The van der Waals surface area contributed by atoms with Crippen molar-refractivity contribution < 1.29 is 14.6 Å². The van der Waals surface area contributed by atoms with Crippen molar-refractivity contribution in [2.24, 2.45) is 0 Å². The number of benzene rings is 1. The highest BCUT2D eigenvalue weighted by atomic mass is 35.5. The molecular formula is C12H9ClNO3-. The number of pyridine rings is 1. The molecule has 17 heavy (non-hydrogen) atoms. The second kappa shape index (κ2) is 4.59. The van der Waals surface area contributed by atoms with Gasteiger partial charge in [-0.2, -0.15) is 0 Å². The van der Waals surface area contributed by atoms with Crippen molar-refractivity contribution in [2.45, 2.75) is 13.5 Å². The average molecular weight is 251 g/mol. The van der Waals surface area contributed by atoms with Crippen LogP contribution < -0.4 is 5.11 Å². The molecule has 1 heterocycles. The van der Waals surface area contributed by atoms with Crippen LogP contribution in [0.15, 0.2) is 24.3 Å². The molecule has 0 unspecified atom stereocenters. The molecule has 0 aliphatic heterocycles. The molecular weight excluding hydrogens is 242 g/mol. The van der Waals surface area contributed by atoms with Gasteiger partial charge in [-0.1, -0.05) is 35.5 Å². The van der Waals surface area contributed by atoms with Gasteiger partial charge < -0.3 is 9.84 Å². The Morgan fingerprint density at radius 1 is 1.41 bits per heavy atom. The summed E-state index contributed by atoms with van der Waals surface area (Å²) in [7, 11) is 0. The van der Waals surface area contributed by atoms with Crippen molar-refractivity contribution in [2.75, 3.05) is 0 Å². The van der Waals surface area contributed by atoms with Crippen LogP contribution in [0.1, 0.15) is 12.6 Å². The first-order chi connectivity index (χ1) is 8.08. The van der Waals surface area contributed by atoms with Crippen molar-refractivity contribution in [3.8, 4) is 5.75 Å². The predicted molar refractivity (Wildman–Crippen MR) is 61.7 cm³/mol. The maximum Gasteiger partial charge on any atom is 0.303 e. The van der Waals surface area contributed by atoms with Crippen molar-refractivity contribution in [3.05, 3.63) is 35.0 Å². The van der Waals surface area contributed by atoms with E-state index in [0.29, 0.717) is 11.2 Å². The molecule has 88 valence electrons. The number of carbonyl (C=O) groups excluding carboxylic acids is 1. The van der Waals surface area contributed by atoms with Crippen LogP contribution in [-0.4, -0.2) is 11.0 Å². The van der Waals surface area contributed by atoms with Crippen LogP contribution in [0.4, 0.5) is 0 Å². The molecule has 0 saturated carbocycles. The second-order valence-corrected chi connectivity index (χ2v) is 3.91. The Morgan fingerprint density at radius 2 is 2.12 bits per heavy atom. The molecule has 2 rings (SSSR count). The number of halogens is 1. The first kappa shape index (κ1) is 11.7. The summed E-state index contributed by atoms with van der Waals surface area (Å²) < 4.78 is 4.82. The fourth-order valence-corrected chi connectivity index (χ4v) is 1.65. The normalized spacial score (nSPS) is 10.5. The van der Waals surface area contributed by atoms with Gasteiger partial charge in [0.2, 0.25) is 0 Å². The van der Waals surface area contributed by atoms with E-state index in [1.54, 1.807) is 18.2 Å². The molecule has 0 N–H and O–H groups in total. The Labute approximate surface area is 103 Å². The highest BCUT2D eigenvalue weighted by Crippen LogP contribution is 2.28. The Hall–Kier alpha value is -1.81. The zero-order valence-corrected chi connectivity index (χ0v) is 9.82. The maximum absolute atomic E-state index is 11.4. The number of rotatable bonds is 2. The third kappa shape index (κ3) is 2.47. The number of hydrogen-bond acceptors (Lipinski definition) is 4. The van der Waals surface area contributed by atoms with E-state index in [1.807, 2.05) is 0 Å². The van der Waals surface area contributed by atoms with Crippen LogP contribution in [0, 0.1) is 0 Å². The van der Waals surface area contributed by atoms with Crippen molar-refractivity contribution in [1.82, 2.24) is 4.98 Å². The van der Waals surface area contributed by atoms with E-state index in [0.717, 1.165) is 5.39 Å². The van der Waals surface area contributed by atoms with Crippen LogP contribution in [-0.2, 0) is 16.1 Å². The molecule has 0 saturated heterocycles. The molecule has 0 bridgehead atoms. The molecule has 0 fully saturated rings. The smallest absolute Gasteiger partial charge is 0.303 e. The summed E-state index contributed by atoms with van der Waals surface area (Å²) in [6.07, 6.45) is 0. The van der Waals surface area contributed by atoms with E-state index in [2.05, 4.69) is 4.98 Å². The van der Waals surface area contributed by atoms with Gasteiger partial charge >= 0.3 is 5.97 Å². The summed E-state index contributed by atoms with van der Waals surface area (Å²) in [5, 5.41) is 12.2. The monoisotopic (exact) mass is 250 g/mol. The topological polar surface area (TPSA) is 62.2 Å². The van der Waals surface area contributed by atoms with Crippen LogP contribution >= 0.6 is 11.6 Å². The summed E-state index contributed by atoms with van der Waals surface area (Å²) in [5.74, 6) is -0.646. The fourth-order valence-electron chi connectivity index (χ4n) is 1.43. The zero-order chi connectivity index (χ0) is 12.4.